The van der Waals surface area contributed by atoms with Crippen LogP contribution in [0.5, 0.6) is 0 Å². The molecule has 0 aromatic heterocycles. The highest BCUT2D eigenvalue weighted by Crippen LogP contribution is 2.45. The molecule has 2 N–H and O–H groups in total. The lowest BCUT2D eigenvalue weighted by atomic mass is 9.93. The summed E-state index contributed by atoms with van der Waals surface area (Å²) < 4.78 is 0. The van der Waals surface area contributed by atoms with Gasteiger partial charge in [0.05, 0.1) is 9.85 Å². The molecule has 7 rings (SSSR count). The highest BCUT2D eigenvalue weighted by molar-refractivity contribution is 5.97. The van der Waals surface area contributed by atoms with Crippen LogP contribution in [0.15, 0.2) is 107 Å². The molecular formula is C46H48N6O8. The normalized spacial score (nSPS) is 15.8. The van der Waals surface area contributed by atoms with E-state index < -0.39 is 44.6 Å². The van der Waals surface area contributed by atoms with E-state index in [1.54, 1.807) is 60.7 Å². The molecular weight excluding hydrogens is 765 g/mol. The highest BCUT2D eigenvalue weighted by Gasteiger charge is 2.43. The van der Waals surface area contributed by atoms with E-state index in [9.17, 15) is 39.4 Å². The first-order valence-electron chi connectivity index (χ1n) is 20.6. The fourth-order valence-electron chi connectivity index (χ4n) is 8.55. The van der Waals surface area contributed by atoms with E-state index in [1.807, 2.05) is 13.8 Å². The lowest BCUT2D eigenvalue weighted by Crippen LogP contribution is -2.51. The minimum atomic E-state index is -1.40. The Morgan fingerprint density at radius 2 is 0.917 bits per heavy atom. The summed E-state index contributed by atoms with van der Waals surface area (Å²) >= 11 is 0. The van der Waals surface area contributed by atoms with E-state index in [0.717, 1.165) is 75.3 Å². The summed E-state index contributed by atoms with van der Waals surface area (Å²) in [5, 5.41) is 30.6. The summed E-state index contributed by atoms with van der Waals surface area (Å²) in [6.07, 6.45) is 8.59. The number of hydrogen-bond donors (Lipinski definition) is 2. The monoisotopic (exact) mass is 812 g/mol. The van der Waals surface area contributed by atoms with Crippen LogP contribution in [0.1, 0.15) is 98.5 Å². The maximum Gasteiger partial charge on any atom is 0.269 e. The van der Waals surface area contributed by atoms with Crippen molar-refractivity contribution in [1.82, 2.24) is 10.6 Å². The van der Waals surface area contributed by atoms with Gasteiger partial charge in [0.1, 0.15) is 23.5 Å². The van der Waals surface area contributed by atoms with Crippen molar-refractivity contribution < 1.29 is 19.4 Å². The molecule has 14 nitrogen and oxygen atoms in total. The number of nitro benzene ring substituents is 2. The number of non-ortho nitro benzene ring substituents is 2. The minimum Gasteiger partial charge on any atom is -0.351 e. The number of amides is 2. The molecule has 5 aromatic rings. The highest BCUT2D eigenvalue weighted by atomic mass is 16.6. The zero-order chi connectivity index (χ0) is 42.5. The second kappa shape index (κ2) is 18.1. The van der Waals surface area contributed by atoms with Gasteiger partial charge in [-0.2, -0.15) is 0 Å². The third-order valence-corrected chi connectivity index (χ3v) is 11.7. The molecule has 2 saturated carbocycles. The van der Waals surface area contributed by atoms with Crippen molar-refractivity contribution >= 4 is 45.9 Å². The number of nitro groups is 2. The van der Waals surface area contributed by atoms with Crippen LogP contribution in [0.25, 0.3) is 0 Å². The molecule has 0 radical (unpaired) electrons. The molecule has 2 unspecified atom stereocenters. The van der Waals surface area contributed by atoms with Gasteiger partial charge in [-0.25, -0.2) is 0 Å². The molecule has 2 fully saturated rings. The third-order valence-electron chi connectivity index (χ3n) is 11.7. The summed E-state index contributed by atoms with van der Waals surface area (Å²) in [6, 6.07) is 22.1. The Balaban J connectivity index is 1.49. The predicted octanol–water partition coefficient (Wildman–Crippen LogP) is 8.37. The fraction of sp³-hybridized carbons (Fsp3) is 0.348. The van der Waals surface area contributed by atoms with Gasteiger partial charge in [-0.1, -0.05) is 98.2 Å². The van der Waals surface area contributed by atoms with Crippen molar-refractivity contribution in [2.45, 2.75) is 102 Å². The van der Waals surface area contributed by atoms with Crippen molar-refractivity contribution in [1.29, 1.82) is 0 Å². The van der Waals surface area contributed by atoms with E-state index >= 15 is 0 Å². The van der Waals surface area contributed by atoms with Gasteiger partial charge in [0.15, 0.2) is 0 Å². The Bertz CT molecular complexity index is 2280. The number of carbonyl (C=O) groups is 2. The van der Waals surface area contributed by atoms with Gasteiger partial charge in [0.25, 0.3) is 22.2 Å². The summed E-state index contributed by atoms with van der Waals surface area (Å²) in [7, 11) is 0. The van der Waals surface area contributed by atoms with Crippen LogP contribution in [0.4, 0.5) is 34.1 Å². The zero-order valence-electron chi connectivity index (χ0n) is 33.7. The van der Waals surface area contributed by atoms with Crippen LogP contribution in [0.2, 0.25) is 0 Å². The fourth-order valence-corrected chi connectivity index (χ4v) is 8.55. The number of carbonyl (C=O) groups excluding carboxylic acids is 2. The van der Waals surface area contributed by atoms with Crippen LogP contribution in [-0.2, 0) is 9.59 Å². The Hall–Kier alpha value is -6.70. The Morgan fingerprint density at radius 1 is 0.567 bits per heavy atom. The van der Waals surface area contributed by atoms with E-state index in [0.29, 0.717) is 11.4 Å². The summed E-state index contributed by atoms with van der Waals surface area (Å²) in [6.45, 7) is 3.75. The minimum absolute atomic E-state index is 0.190. The van der Waals surface area contributed by atoms with Crippen molar-refractivity contribution in [3.8, 4) is 0 Å². The Labute approximate surface area is 347 Å². The van der Waals surface area contributed by atoms with Crippen molar-refractivity contribution in [3.05, 3.63) is 160 Å². The van der Waals surface area contributed by atoms with E-state index in [4.69, 9.17) is 0 Å². The molecule has 2 atom stereocenters. The lowest BCUT2D eigenvalue weighted by molar-refractivity contribution is -0.385. The first-order valence-corrected chi connectivity index (χ1v) is 20.6. The van der Waals surface area contributed by atoms with Crippen molar-refractivity contribution in [3.63, 3.8) is 0 Å². The van der Waals surface area contributed by atoms with Crippen LogP contribution < -0.4 is 31.3 Å². The number of benzene rings is 4. The summed E-state index contributed by atoms with van der Waals surface area (Å²) in [4.78, 5) is 84.7. The molecule has 2 amide bonds. The molecule has 5 aromatic carbocycles. The van der Waals surface area contributed by atoms with Gasteiger partial charge < -0.3 is 20.4 Å². The second-order valence-electron chi connectivity index (χ2n) is 16.0. The largest absolute Gasteiger partial charge is 0.351 e. The molecule has 60 heavy (non-hydrogen) atoms. The molecule has 0 bridgehead atoms. The average molecular weight is 813 g/mol. The Kier molecular flexibility index (Phi) is 12.5. The van der Waals surface area contributed by atoms with Crippen LogP contribution in [0, 0.1) is 34.1 Å². The topological polar surface area (TPSA) is 185 Å². The number of hydrogen-bond acceptors (Lipinski definition) is 10. The van der Waals surface area contributed by atoms with Gasteiger partial charge in [-0.15, -0.1) is 0 Å². The lowest BCUT2D eigenvalue weighted by Gasteiger charge is -2.40. The number of nitrogens with one attached hydrogen (secondary N) is 2. The molecule has 2 aliphatic rings. The van der Waals surface area contributed by atoms with E-state index in [2.05, 4.69) is 10.6 Å². The van der Waals surface area contributed by atoms with Crippen LogP contribution in [-0.4, -0.2) is 33.7 Å². The molecule has 14 heteroatoms. The third kappa shape index (κ3) is 8.82. The Morgan fingerprint density at radius 3 is 1.25 bits per heavy atom. The first-order chi connectivity index (χ1) is 28.9. The van der Waals surface area contributed by atoms with Gasteiger partial charge >= 0.3 is 0 Å². The maximum atomic E-state index is 14.9. The summed E-state index contributed by atoms with van der Waals surface area (Å²) in [5.74, 6) is -1.07. The number of rotatable bonds is 14. The molecule has 2 aliphatic carbocycles. The number of aryl methyl sites for hydroxylation is 2. The van der Waals surface area contributed by atoms with E-state index in [-0.39, 0.29) is 46.0 Å². The van der Waals surface area contributed by atoms with Crippen LogP contribution >= 0.6 is 0 Å². The second-order valence-corrected chi connectivity index (χ2v) is 16.0. The molecule has 0 spiro atoms. The maximum absolute atomic E-state index is 14.9. The van der Waals surface area contributed by atoms with Gasteiger partial charge in [-0.3, -0.25) is 39.4 Å². The SMILES string of the molecule is Cc1ccc(N(c2c(N(c3ccc(C)cc3)C(C(=O)NC3CCCCC3)c3cccc([N+](=O)[O-])c3)c(=O)c2=O)C(C(=O)NC2CCCCC2)c2cccc([N+](=O)[O-])c2)cc1. The number of anilines is 4. The molecule has 0 aliphatic heterocycles. The van der Waals surface area contributed by atoms with Gasteiger partial charge in [0.2, 0.25) is 11.8 Å². The quantitative estimate of drug-likeness (QED) is 0.0627. The van der Waals surface area contributed by atoms with Crippen molar-refractivity contribution in [2.75, 3.05) is 9.80 Å². The van der Waals surface area contributed by atoms with E-state index in [1.165, 1.54) is 46.2 Å². The van der Waals surface area contributed by atoms with Crippen molar-refractivity contribution in [2.24, 2.45) is 0 Å². The smallest absolute Gasteiger partial charge is 0.269 e. The van der Waals surface area contributed by atoms with Crippen LogP contribution in [0.3, 0.4) is 0 Å². The predicted molar refractivity (Wildman–Crippen MR) is 230 cm³/mol. The average Bonchev–Trinajstić information content (AvgIpc) is 3.25. The van der Waals surface area contributed by atoms with Gasteiger partial charge in [0, 0.05) is 47.7 Å². The molecule has 0 heterocycles. The standard InChI is InChI=1S/C46H48N6O8/c1-29-19-23-35(24-20-29)49(39(31-11-9-17-37(27-31)51(57)58)45(55)47-33-13-5-3-6-14-33)41-42(44(54)43(41)53)50(36-25-21-30(2)22-26-36)40(32-12-10-18-38(28-32)52(59)60)46(56)48-34-15-7-4-8-16-34/h9-12,17-28,33-34,39-40H,3-8,13-16H2,1-2H3,(H,47,55)(H,48,56). The zero-order valence-corrected chi connectivity index (χ0v) is 33.7. The summed E-state index contributed by atoms with van der Waals surface area (Å²) in [5.41, 5.74) is -0.0224. The molecule has 0 saturated heterocycles. The number of nitrogens with zero attached hydrogens (tertiary/aromatic N) is 4. The first kappa shape index (κ1) is 41.5. The molecule has 310 valence electrons. The van der Waals surface area contributed by atoms with Gasteiger partial charge in [-0.05, 0) is 74.9 Å².